The third kappa shape index (κ3) is 5.79. The average Bonchev–Trinajstić information content (AvgIpc) is 2.74. The zero-order valence-electron chi connectivity index (χ0n) is 17.1. The number of aryl methyl sites for hydroxylation is 1. The van der Waals surface area contributed by atoms with Gasteiger partial charge in [0.1, 0.15) is 6.54 Å². The summed E-state index contributed by atoms with van der Waals surface area (Å²) in [5.41, 5.74) is 2.19. The van der Waals surface area contributed by atoms with E-state index in [1.807, 2.05) is 19.1 Å². The van der Waals surface area contributed by atoms with Gasteiger partial charge in [-0.05, 0) is 61.0 Å². The van der Waals surface area contributed by atoms with E-state index in [0.29, 0.717) is 22.3 Å². The van der Waals surface area contributed by atoms with E-state index in [0.717, 1.165) is 15.4 Å². The fraction of sp³-hybridized carbons (Fsp3) is 0.174. The van der Waals surface area contributed by atoms with E-state index >= 15 is 0 Å². The SMILES string of the molecule is Cc1ccc(S(=O)(=O)N(CC(=O)N(C)Cc2ccc(Cl)cc2)c2ccc(Cl)cc2)cc1. The highest BCUT2D eigenvalue weighted by Gasteiger charge is 2.28. The zero-order valence-corrected chi connectivity index (χ0v) is 19.5. The molecule has 8 heteroatoms. The van der Waals surface area contributed by atoms with Crippen molar-refractivity contribution in [1.82, 2.24) is 4.90 Å². The van der Waals surface area contributed by atoms with Crippen LogP contribution in [0.1, 0.15) is 11.1 Å². The molecule has 0 aromatic heterocycles. The largest absolute Gasteiger partial charge is 0.340 e. The Morgan fingerprint density at radius 2 is 1.35 bits per heavy atom. The molecule has 0 aliphatic heterocycles. The van der Waals surface area contributed by atoms with Crippen LogP contribution in [-0.2, 0) is 21.4 Å². The van der Waals surface area contributed by atoms with Crippen LogP contribution in [0.25, 0.3) is 0 Å². The monoisotopic (exact) mass is 476 g/mol. The maximum atomic E-state index is 13.4. The van der Waals surface area contributed by atoms with Gasteiger partial charge in [-0.3, -0.25) is 9.10 Å². The number of rotatable bonds is 7. The van der Waals surface area contributed by atoms with Gasteiger partial charge in [0.2, 0.25) is 5.91 Å². The summed E-state index contributed by atoms with van der Waals surface area (Å²) in [7, 11) is -2.33. The lowest BCUT2D eigenvalue weighted by Gasteiger charge is -2.27. The van der Waals surface area contributed by atoms with Gasteiger partial charge >= 0.3 is 0 Å². The van der Waals surface area contributed by atoms with Crippen LogP contribution in [0, 0.1) is 6.92 Å². The quantitative estimate of drug-likeness (QED) is 0.473. The first-order valence-electron chi connectivity index (χ1n) is 9.50. The number of benzene rings is 3. The van der Waals surface area contributed by atoms with Crippen LogP contribution in [0.3, 0.4) is 0 Å². The smallest absolute Gasteiger partial charge is 0.264 e. The van der Waals surface area contributed by atoms with E-state index in [4.69, 9.17) is 23.2 Å². The molecule has 0 unspecified atom stereocenters. The first-order valence-corrected chi connectivity index (χ1v) is 11.7. The van der Waals surface area contributed by atoms with E-state index in [-0.39, 0.29) is 17.3 Å². The molecule has 0 N–H and O–H groups in total. The summed E-state index contributed by atoms with van der Waals surface area (Å²) in [6.45, 7) is 1.86. The van der Waals surface area contributed by atoms with Gasteiger partial charge in [-0.2, -0.15) is 0 Å². The maximum absolute atomic E-state index is 13.4. The van der Waals surface area contributed by atoms with E-state index in [2.05, 4.69) is 0 Å². The number of likely N-dealkylation sites (N-methyl/N-ethyl adjacent to an activating group) is 1. The third-order valence-electron chi connectivity index (χ3n) is 4.76. The lowest BCUT2D eigenvalue weighted by molar-refractivity contribution is -0.128. The topological polar surface area (TPSA) is 57.7 Å². The second-order valence-corrected chi connectivity index (χ2v) is 9.91. The number of carbonyl (C=O) groups is 1. The number of halogens is 2. The Morgan fingerprint density at radius 1 is 0.839 bits per heavy atom. The molecule has 3 rings (SSSR count). The average molecular weight is 477 g/mol. The van der Waals surface area contributed by atoms with Crippen molar-refractivity contribution in [2.24, 2.45) is 0 Å². The van der Waals surface area contributed by atoms with Crippen LogP contribution in [0.5, 0.6) is 0 Å². The van der Waals surface area contributed by atoms with Crippen LogP contribution in [0.15, 0.2) is 77.7 Å². The highest BCUT2D eigenvalue weighted by Crippen LogP contribution is 2.25. The van der Waals surface area contributed by atoms with Gasteiger partial charge in [-0.1, -0.05) is 53.0 Å². The number of carbonyl (C=O) groups excluding carboxylic acids is 1. The molecular weight excluding hydrogens is 455 g/mol. The molecule has 0 aliphatic rings. The molecule has 1 amide bonds. The minimum absolute atomic E-state index is 0.112. The second-order valence-electron chi connectivity index (χ2n) is 7.18. The molecular formula is C23H22Cl2N2O3S. The molecule has 0 radical (unpaired) electrons. The molecule has 0 atom stereocenters. The van der Waals surface area contributed by atoms with Crippen molar-refractivity contribution in [3.05, 3.63) is 94.0 Å². The summed E-state index contributed by atoms with van der Waals surface area (Å²) in [6.07, 6.45) is 0. The molecule has 0 bridgehead atoms. The lowest BCUT2D eigenvalue weighted by atomic mass is 10.2. The molecule has 3 aromatic rings. The van der Waals surface area contributed by atoms with Crippen molar-refractivity contribution in [2.75, 3.05) is 17.9 Å². The predicted octanol–water partition coefficient (Wildman–Crippen LogP) is 5.16. The number of anilines is 1. The molecule has 0 saturated heterocycles. The first kappa shape index (κ1) is 23.1. The molecule has 5 nitrogen and oxygen atoms in total. The highest BCUT2D eigenvalue weighted by atomic mass is 35.5. The van der Waals surface area contributed by atoms with E-state index in [1.54, 1.807) is 55.6 Å². The van der Waals surface area contributed by atoms with Gasteiger partial charge in [0, 0.05) is 23.6 Å². The van der Waals surface area contributed by atoms with Crippen molar-refractivity contribution in [3.63, 3.8) is 0 Å². The van der Waals surface area contributed by atoms with Crippen LogP contribution < -0.4 is 4.31 Å². The fourth-order valence-electron chi connectivity index (χ4n) is 2.96. The van der Waals surface area contributed by atoms with Gasteiger partial charge < -0.3 is 4.90 Å². The number of sulfonamides is 1. The molecule has 0 spiro atoms. The lowest BCUT2D eigenvalue weighted by Crippen LogP contribution is -2.41. The minimum Gasteiger partial charge on any atom is -0.340 e. The third-order valence-corrected chi connectivity index (χ3v) is 7.05. The molecule has 162 valence electrons. The van der Waals surface area contributed by atoms with Gasteiger partial charge in [0.05, 0.1) is 10.6 Å². The Hall–Kier alpha value is -2.54. The summed E-state index contributed by atoms with van der Waals surface area (Å²) in [6, 6.07) is 20.0. The molecule has 31 heavy (non-hydrogen) atoms. The number of nitrogens with zero attached hydrogens (tertiary/aromatic N) is 2. The summed E-state index contributed by atoms with van der Waals surface area (Å²) in [5, 5.41) is 1.08. The number of hydrogen-bond acceptors (Lipinski definition) is 3. The van der Waals surface area contributed by atoms with Gasteiger partial charge in [-0.25, -0.2) is 8.42 Å². The van der Waals surface area contributed by atoms with Crippen molar-refractivity contribution in [1.29, 1.82) is 0 Å². The van der Waals surface area contributed by atoms with Crippen molar-refractivity contribution >= 4 is 44.8 Å². The summed E-state index contributed by atoms with van der Waals surface area (Å²) >= 11 is 11.9. The summed E-state index contributed by atoms with van der Waals surface area (Å²) in [5.74, 6) is -0.347. The van der Waals surface area contributed by atoms with Crippen molar-refractivity contribution < 1.29 is 13.2 Å². The highest BCUT2D eigenvalue weighted by molar-refractivity contribution is 7.92. The zero-order chi connectivity index (χ0) is 22.6. The van der Waals surface area contributed by atoms with Crippen molar-refractivity contribution in [2.45, 2.75) is 18.4 Å². The van der Waals surface area contributed by atoms with Crippen molar-refractivity contribution in [3.8, 4) is 0 Å². The summed E-state index contributed by atoms with van der Waals surface area (Å²) < 4.78 is 27.9. The number of hydrogen-bond donors (Lipinski definition) is 0. The van der Waals surface area contributed by atoms with Crippen LogP contribution in [0.4, 0.5) is 5.69 Å². The Morgan fingerprint density at radius 3 is 1.90 bits per heavy atom. The van der Waals surface area contributed by atoms with E-state index in [1.165, 1.54) is 17.0 Å². The minimum atomic E-state index is -3.97. The van der Waals surface area contributed by atoms with Gasteiger partial charge in [-0.15, -0.1) is 0 Å². The van der Waals surface area contributed by atoms with Crippen LogP contribution >= 0.6 is 23.2 Å². The normalized spacial score (nSPS) is 11.2. The Kier molecular flexibility index (Phi) is 7.26. The molecule has 3 aromatic carbocycles. The Balaban J connectivity index is 1.89. The first-order chi connectivity index (χ1) is 14.7. The molecule has 0 saturated carbocycles. The van der Waals surface area contributed by atoms with Gasteiger partial charge in [0.25, 0.3) is 10.0 Å². The second kappa shape index (κ2) is 9.73. The standard InChI is InChI=1S/C23H22Cl2N2O3S/c1-17-3-13-22(14-4-17)31(29,30)27(21-11-9-20(25)10-12-21)16-23(28)26(2)15-18-5-7-19(24)8-6-18/h3-14H,15-16H2,1-2H3. The van der Waals surface area contributed by atoms with Crippen LogP contribution in [-0.4, -0.2) is 32.8 Å². The molecule has 0 aliphatic carbocycles. The predicted molar refractivity (Wildman–Crippen MR) is 125 cm³/mol. The van der Waals surface area contributed by atoms with Crippen LogP contribution in [0.2, 0.25) is 10.0 Å². The molecule has 0 heterocycles. The Labute approximate surface area is 192 Å². The van der Waals surface area contributed by atoms with E-state index < -0.39 is 10.0 Å². The molecule has 0 fully saturated rings. The number of amides is 1. The maximum Gasteiger partial charge on any atom is 0.264 e. The Bertz CT molecular complexity index is 1150. The van der Waals surface area contributed by atoms with E-state index in [9.17, 15) is 13.2 Å². The summed E-state index contributed by atoms with van der Waals surface area (Å²) in [4.78, 5) is 14.6. The van der Waals surface area contributed by atoms with Gasteiger partial charge in [0.15, 0.2) is 0 Å². The fourth-order valence-corrected chi connectivity index (χ4v) is 4.62.